The van der Waals surface area contributed by atoms with Crippen LogP contribution in [0.3, 0.4) is 0 Å². The molecule has 1 aromatic carbocycles. The highest BCUT2D eigenvalue weighted by Crippen LogP contribution is 2.12. The molecule has 0 spiro atoms. The summed E-state index contributed by atoms with van der Waals surface area (Å²) in [6.07, 6.45) is 5.62. The molecule has 3 heteroatoms. The third kappa shape index (κ3) is 5.13. The van der Waals surface area contributed by atoms with Gasteiger partial charge < -0.3 is 5.32 Å². The predicted molar refractivity (Wildman–Crippen MR) is 71.4 cm³/mol. The van der Waals surface area contributed by atoms with Crippen molar-refractivity contribution in [1.82, 2.24) is 5.32 Å². The molecule has 0 heterocycles. The predicted octanol–water partition coefficient (Wildman–Crippen LogP) is 4.41. The lowest BCUT2D eigenvalue weighted by Gasteiger charge is -2.18. The van der Waals surface area contributed by atoms with E-state index in [-0.39, 0.29) is 11.6 Å². The van der Waals surface area contributed by atoms with Gasteiger partial charge in [0.05, 0.1) is 0 Å². The van der Waals surface area contributed by atoms with Gasteiger partial charge in [-0.05, 0) is 31.0 Å². The SMILES string of the molecule is CCCCC(CCC)NCc1cc(F)ccc1F. The molecule has 0 aliphatic rings. The van der Waals surface area contributed by atoms with E-state index in [4.69, 9.17) is 0 Å². The van der Waals surface area contributed by atoms with E-state index in [2.05, 4.69) is 19.2 Å². The monoisotopic (exact) mass is 255 g/mol. The molecule has 0 radical (unpaired) electrons. The first-order chi connectivity index (χ1) is 8.67. The molecule has 1 aromatic rings. The fraction of sp³-hybridized carbons (Fsp3) is 0.600. The Bertz CT molecular complexity index is 352. The van der Waals surface area contributed by atoms with Crippen molar-refractivity contribution < 1.29 is 8.78 Å². The molecule has 1 rings (SSSR count). The van der Waals surface area contributed by atoms with Gasteiger partial charge in [-0.15, -0.1) is 0 Å². The maximum atomic E-state index is 13.5. The molecular formula is C15H23F2N. The molecule has 0 aliphatic carbocycles. The molecule has 0 saturated heterocycles. The Hall–Kier alpha value is -0.960. The van der Waals surface area contributed by atoms with Gasteiger partial charge in [-0.25, -0.2) is 8.78 Å². The lowest BCUT2D eigenvalue weighted by Crippen LogP contribution is -2.28. The third-order valence-corrected chi connectivity index (χ3v) is 3.13. The first-order valence-electron chi connectivity index (χ1n) is 6.84. The maximum absolute atomic E-state index is 13.5. The highest BCUT2D eigenvalue weighted by atomic mass is 19.1. The minimum Gasteiger partial charge on any atom is -0.310 e. The number of benzene rings is 1. The van der Waals surface area contributed by atoms with Gasteiger partial charge in [0, 0.05) is 18.2 Å². The summed E-state index contributed by atoms with van der Waals surface area (Å²) >= 11 is 0. The Balaban J connectivity index is 2.52. The number of rotatable bonds is 8. The van der Waals surface area contributed by atoms with Crippen LogP contribution in [0.4, 0.5) is 8.78 Å². The molecule has 1 unspecified atom stereocenters. The Morgan fingerprint density at radius 3 is 2.56 bits per heavy atom. The van der Waals surface area contributed by atoms with Gasteiger partial charge in [-0.2, -0.15) is 0 Å². The topological polar surface area (TPSA) is 12.0 Å². The van der Waals surface area contributed by atoms with Gasteiger partial charge in [0.2, 0.25) is 0 Å². The highest BCUT2D eigenvalue weighted by Gasteiger charge is 2.09. The average Bonchev–Trinajstić information content (AvgIpc) is 2.36. The van der Waals surface area contributed by atoms with Crippen molar-refractivity contribution in [3.05, 3.63) is 35.4 Å². The van der Waals surface area contributed by atoms with Crippen LogP contribution in [0.15, 0.2) is 18.2 Å². The van der Waals surface area contributed by atoms with Crippen molar-refractivity contribution in [3.8, 4) is 0 Å². The Morgan fingerprint density at radius 2 is 1.89 bits per heavy atom. The fourth-order valence-corrected chi connectivity index (χ4v) is 2.08. The Kier molecular flexibility index (Phi) is 6.88. The number of halogens is 2. The second-order valence-electron chi connectivity index (χ2n) is 4.74. The van der Waals surface area contributed by atoms with Gasteiger partial charge in [0.1, 0.15) is 11.6 Å². The van der Waals surface area contributed by atoms with E-state index >= 15 is 0 Å². The van der Waals surface area contributed by atoms with Crippen LogP contribution in [0.25, 0.3) is 0 Å². The average molecular weight is 255 g/mol. The molecule has 0 aromatic heterocycles. The van der Waals surface area contributed by atoms with E-state index in [0.717, 1.165) is 31.7 Å². The summed E-state index contributed by atoms with van der Waals surface area (Å²) in [7, 11) is 0. The van der Waals surface area contributed by atoms with Crippen LogP contribution < -0.4 is 5.32 Å². The van der Waals surface area contributed by atoms with Crippen LogP contribution in [0.1, 0.15) is 51.5 Å². The van der Waals surface area contributed by atoms with Crippen LogP contribution >= 0.6 is 0 Å². The van der Waals surface area contributed by atoms with Gasteiger partial charge in [-0.3, -0.25) is 0 Å². The molecule has 0 bridgehead atoms. The van der Waals surface area contributed by atoms with E-state index in [1.54, 1.807) is 0 Å². The Labute approximate surface area is 109 Å². The van der Waals surface area contributed by atoms with E-state index in [9.17, 15) is 8.78 Å². The molecule has 18 heavy (non-hydrogen) atoms. The van der Waals surface area contributed by atoms with Crippen LogP contribution in [-0.2, 0) is 6.54 Å². The number of nitrogens with one attached hydrogen (secondary N) is 1. The summed E-state index contributed by atoms with van der Waals surface area (Å²) in [5, 5.41) is 3.33. The van der Waals surface area contributed by atoms with Crippen LogP contribution in [0, 0.1) is 11.6 Å². The van der Waals surface area contributed by atoms with E-state index < -0.39 is 0 Å². The van der Waals surface area contributed by atoms with Crippen molar-refractivity contribution in [1.29, 1.82) is 0 Å². The first kappa shape index (κ1) is 15.1. The summed E-state index contributed by atoms with van der Waals surface area (Å²) in [4.78, 5) is 0. The summed E-state index contributed by atoms with van der Waals surface area (Å²) in [5.41, 5.74) is 0.410. The van der Waals surface area contributed by atoms with E-state index in [1.165, 1.54) is 18.6 Å². The van der Waals surface area contributed by atoms with Gasteiger partial charge in [0.25, 0.3) is 0 Å². The second kappa shape index (κ2) is 8.20. The minimum absolute atomic E-state index is 0.338. The Morgan fingerprint density at radius 1 is 1.11 bits per heavy atom. The largest absolute Gasteiger partial charge is 0.310 e. The summed E-state index contributed by atoms with van der Waals surface area (Å²) in [5.74, 6) is -0.719. The summed E-state index contributed by atoms with van der Waals surface area (Å²) < 4.78 is 26.5. The maximum Gasteiger partial charge on any atom is 0.127 e. The normalized spacial score (nSPS) is 12.7. The zero-order chi connectivity index (χ0) is 13.4. The smallest absolute Gasteiger partial charge is 0.127 e. The van der Waals surface area contributed by atoms with Crippen molar-refractivity contribution in [2.45, 2.75) is 58.5 Å². The number of hydrogen-bond donors (Lipinski definition) is 1. The molecule has 1 N–H and O–H groups in total. The molecule has 0 aliphatic heterocycles. The van der Waals surface area contributed by atoms with Gasteiger partial charge in [0.15, 0.2) is 0 Å². The van der Waals surface area contributed by atoms with Crippen LogP contribution in [0.5, 0.6) is 0 Å². The molecular weight excluding hydrogens is 232 g/mol. The zero-order valence-corrected chi connectivity index (χ0v) is 11.3. The van der Waals surface area contributed by atoms with Crippen molar-refractivity contribution in [3.63, 3.8) is 0 Å². The quantitative estimate of drug-likeness (QED) is 0.725. The fourth-order valence-electron chi connectivity index (χ4n) is 2.08. The molecule has 102 valence electrons. The van der Waals surface area contributed by atoms with E-state index in [1.807, 2.05) is 0 Å². The first-order valence-corrected chi connectivity index (χ1v) is 6.84. The van der Waals surface area contributed by atoms with Crippen LogP contribution in [0.2, 0.25) is 0 Å². The van der Waals surface area contributed by atoms with Crippen molar-refractivity contribution >= 4 is 0 Å². The lowest BCUT2D eigenvalue weighted by molar-refractivity contribution is 0.428. The number of unbranched alkanes of at least 4 members (excludes halogenated alkanes) is 1. The molecule has 0 saturated carbocycles. The zero-order valence-electron chi connectivity index (χ0n) is 11.3. The molecule has 1 nitrogen and oxygen atoms in total. The molecule has 0 amide bonds. The molecule has 1 atom stereocenters. The van der Waals surface area contributed by atoms with Crippen molar-refractivity contribution in [2.24, 2.45) is 0 Å². The number of hydrogen-bond acceptors (Lipinski definition) is 1. The highest BCUT2D eigenvalue weighted by molar-refractivity contribution is 5.18. The van der Waals surface area contributed by atoms with Crippen LogP contribution in [-0.4, -0.2) is 6.04 Å². The molecule has 0 fully saturated rings. The summed E-state index contributed by atoms with van der Waals surface area (Å²) in [6, 6.07) is 4.01. The second-order valence-corrected chi connectivity index (χ2v) is 4.74. The van der Waals surface area contributed by atoms with Gasteiger partial charge >= 0.3 is 0 Å². The van der Waals surface area contributed by atoms with Gasteiger partial charge in [-0.1, -0.05) is 33.1 Å². The third-order valence-electron chi connectivity index (χ3n) is 3.13. The van der Waals surface area contributed by atoms with E-state index in [0.29, 0.717) is 18.2 Å². The van der Waals surface area contributed by atoms with Crippen molar-refractivity contribution in [2.75, 3.05) is 0 Å². The lowest BCUT2D eigenvalue weighted by atomic mass is 10.0. The minimum atomic E-state index is -0.381. The summed E-state index contributed by atoms with van der Waals surface area (Å²) in [6.45, 7) is 4.70. The standard InChI is InChI=1S/C15H23F2N/c1-3-5-7-14(6-4-2)18-11-12-10-13(16)8-9-15(12)17/h8-10,14,18H,3-7,11H2,1-2H3.